The second kappa shape index (κ2) is 12.5. The normalized spacial score (nSPS) is 15.1. The molecule has 1 N–H and O–H groups in total. The summed E-state index contributed by atoms with van der Waals surface area (Å²) < 4.78 is 42.4. The minimum atomic E-state index is -5.08. The van der Waals surface area contributed by atoms with Gasteiger partial charge in [0.25, 0.3) is 0 Å². The average Bonchev–Trinajstić information content (AvgIpc) is 2.69. The number of halogens is 3. The molecule has 0 unspecified atom stereocenters. The molecule has 1 amide bonds. The van der Waals surface area contributed by atoms with Crippen LogP contribution in [0.2, 0.25) is 0 Å². The van der Waals surface area contributed by atoms with Gasteiger partial charge >= 0.3 is 12.1 Å². The third kappa shape index (κ3) is 9.53. The van der Waals surface area contributed by atoms with Gasteiger partial charge in [0.1, 0.15) is 5.75 Å². The molecule has 2 rings (SSSR count). The summed E-state index contributed by atoms with van der Waals surface area (Å²) in [6.07, 6.45) is -5.08. The Hall–Kier alpha value is -2.37. The summed E-state index contributed by atoms with van der Waals surface area (Å²) in [5.41, 5.74) is 2.34. The Balaban J connectivity index is 0.000000592. The first-order valence-corrected chi connectivity index (χ1v) is 9.57. The molecule has 0 bridgehead atoms. The zero-order chi connectivity index (χ0) is 23.6. The van der Waals surface area contributed by atoms with Gasteiger partial charge in [0, 0.05) is 59.5 Å². The fourth-order valence-corrected chi connectivity index (χ4v) is 2.90. The minimum absolute atomic E-state index is 0.169. The third-order valence-electron chi connectivity index (χ3n) is 4.62. The molecule has 11 heteroatoms. The Morgan fingerprint density at radius 2 is 1.65 bits per heavy atom. The van der Waals surface area contributed by atoms with E-state index in [1.54, 1.807) is 33.2 Å². The van der Waals surface area contributed by atoms with Crippen molar-refractivity contribution in [3.8, 4) is 5.75 Å². The van der Waals surface area contributed by atoms with E-state index in [0.717, 1.165) is 44.0 Å². The number of carboxylic acid groups (broad SMARTS) is 1. The topological polar surface area (TPSA) is 82.5 Å². The van der Waals surface area contributed by atoms with E-state index in [-0.39, 0.29) is 5.91 Å². The molecule has 0 spiro atoms. The highest BCUT2D eigenvalue weighted by Crippen LogP contribution is 2.22. The maximum atomic E-state index is 11.8. The van der Waals surface area contributed by atoms with Gasteiger partial charge in [0.05, 0.1) is 20.3 Å². The number of nitrogens with zero attached hydrogens (tertiary/aromatic N) is 3. The molecule has 176 valence electrons. The number of benzene rings is 1. The lowest BCUT2D eigenvalue weighted by atomic mass is 10.1. The number of ether oxygens (including phenoxy) is 2. The number of aliphatic carboxylic acids is 1. The predicted octanol–water partition coefficient (Wildman–Crippen LogP) is 1.68. The Morgan fingerprint density at radius 1 is 1.10 bits per heavy atom. The first-order chi connectivity index (χ1) is 14.5. The predicted molar refractivity (Wildman–Crippen MR) is 108 cm³/mol. The molecule has 0 radical (unpaired) electrons. The molecule has 0 atom stereocenters. The Labute approximate surface area is 180 Å². The van der Waals surface area contributed by atoms with Gasteiger partial charge in [-0.2, -0.15) is 13.2 Å². The lowest BCUT2D eigenvalue weighted by Gasteiger charge is -2.34. The van der Waals surface area contributed by atoms with Gasteiger partial charge in [-0.1, -0.05) is 6.07 Å². The van der Waals surface area contributed by atoms with Crippen LogP contribution < -0.4 is 4.74 Å². The number of hydrogen-bond donors (Lipinski definition) is 1. The summed E-state index contributed by atoms with van der Waals surface area (Å²) in [6, 6.07) is 6.28. The largest absolute Gasteiger partial charge is 0.496 e. The van der Waals surface area contributed by atoms with Crippen LogP contribution in [0.4, 0.5) is 13.2 Å². The van der Waals surface area contributed by atoms with Crippen molar-refractivity contribution in [3.63, 3.8) is 0 Å². The molecular weight excluding hydrogens is 419 g/mol. The monoisotopic (exact) mass is 449 g/mol. The quantitative estimate of drug-likeness (QED) is 0.678. The van der Waals surface area contributed by atoms with Crippen LogP contribution in [0.15, 0.2) is 18.2 Å². The van der Waals surface area contributed by atoms with Crippen molar-refractivity contribution in [3.05, 3.63) is 29.3 Å². The van der Waals surface area contributed by atoms with E-state index < -0.39 is 12.1 Å². The van der Waals surface area contributed by atoms with Crippen LogP contribution in [-0.2, 0) is 27.5 Å². The summed E-state index contributed by atoms with van der Waals surface area (Å²) in [5, 5.41) is 7.12. The van der Waals surface area contributed by atoms with E-state index in [0.29, 0.717) is 13.2 Å². The van der Waals surface area contributed by atoms with Gasteiger partial charge in [-0.25, -0.2) is 4.79 Å². The number of carbonyl (C=O) groups excluding carboxylic acids is 1. The fraction of sp³-hybridized carbons (Fsp3) is 0.600. The molecule has 1 fully saturated rings. The number of hydrogen-bond acceptors (Lipinski definition) is 6. The van der Waals surface area contributed by atoms with E-state index in [9.17, 15) is 18.0 Å². The highest BCUT2D eigenvalue weighted by Gasteiger charge is 2.38. The van der Waals surface area contributed by atoms with Gasteiger partial charge in [-0.15, -0.1) is 0 Å². The van der Waals surface area contributed by atoms with Crippen LogP contribution in [0.5, 0.6) is 5.75 Å². The smallest absolute Gasteiger partial charge is 0.490 e. The van der Waals surface area contributed by atoms with E-state index in [2.05, 4.69) is 21.9 Å². The first kappa shape index (κ1) is 26.7. The summed E-state index contributed by atoms with van der Waals surface area (Å²) in [6.45, 7) is 5.80. The Morgan fingerprint density at radius 3 is 2.10 bits per heavy atom. The fourth-order valence-electron chi connectivity index (χ4n) is 2.90. The van der Waals surface area contributed by atoms with Crippen LogP contribution in [0.1, 0.15) is 11.1 Å². The zero-order valence-corrected chi connectivity index (χ0v) is 18.2. The second-order valence-electron chi connectivity index (χ2n) is 7.22. The number of piperazine rings is 1. The molecule has 0 aliphatic carbocycles. The molecule has 0 aromatic heterocycles. The van der Waals surface area contributed by atoms with Crippen molar-refractivity contribution in [2.45, 2.75) is 19.3 Å². The van der Waals surface area contributed by atoms with Crippen molar-refractivity contribution in [2.24, 2.45) is 0 Å². The van der Waals surface area contributed by atoms with E-state index in [1.165, 1.54) is 5.56 Å². The molecule has 1 saturated heterocycles. The van der Waals surface area contributed by atoms with Crippen molar-refractivity contribution in [1.82, 2.24) is 14.7 Å². The van der Waals surface area contributed by atoms with Crippen molar-refractivity contribution in [1.29, 1.82) is 0 Å². The molecule has 1 aromatic carbocycles. The Kier molecular flexibility index (Phi) is 10.7. The van der Waals surface area contributed by atoms with Crippen molar-refractivity contribution in [2.75, 3.05) is 61.0 Å². The summed E-state index contributed by atoms with van der Waals surface area (Å²) in [7, 11) is 6.99. The lowest BCUT2D eigenvalue weighted by Crippen LogP contribution is -2.48. The lowest BCUT2D eigenvalue weighted by molar-refractivity contribution is -0.192. The van der Waals surface area contributed by atoms with Gasteiger partial charge in [0.15, 0.2) is 0 Å². The highest BCUT2D eigenvalue weighted by atomic mass is 19.4. The summed E-state index contributed by atoms with van der Waals surface area (Å²) in [4.78, 5) is 27.0. The molecule has 31 heavy (non-hydrogen) atoms. The molecule has 1 aliphatic rings. The number of amides is 1. The SMILES string of the molecule is COCc1cc(CN2CCN(CC(=O)N(C)C)CC2)ccc1OC.O=C(O)C(F)(F)F. The second-order valence-corrected chi connectivity index (χ2v) is 7.22. The summed E-state index contributed by atoms with van der Waals surface area (Å²) >= 11 is 0. The van der Waals surface area contributed by atoms with Crippen molar-refractivity contribution >= 4 is 11.9 Å². The molecule has 0 saturated carbocycles. The highest BCUT2D eigenvalue weighted by molar-refractivity contribution is 5.77. The molecular formula is C20H30F3N3O5. The number of methoxy groups -OCH3 is 2. The third-order valence-corrected chi connectivity index (χ3v) is 4.62. The molecule has 1 aliphatic heterocycles. The molecule has 1 heterocycles. The number of likely N-dealkylation sites (N-methyl/N-ethyl adjacent to an activating group) is 1. The van der Waals surface area contributed by atoms with E-state index >= 15 is 0 Å². The first-order valence-electron chi connectivity index (χ1n) is 9.57. The summed E-state index contributed by atoms with van der Waals surface area (Å²) in [5.74, 6) is -1.72. The standard InChI is InChI=1S/C18H29N3O3.C2HF3O2/c1-19(2)18(22)13-21-9-7-20(8-10-21)12-15-5-6-17(24-4)16(11-15)14-23-3;3-2(4,5)1(6)7/h5-6,11H,7-10,12-14H2,1-4H3;(H,6,7). The van der Waals surface area contributed by atoms with Gasteiger partial charge in [-0.3, -0.25) is 14.6 Å². The van der Waals surface area contributed by atoms with Gasteiger partial charge in [-0.05, 0) is 17.7 Å². The van der Waals surface area contributed by atoms with Gasteiger partial charge in [0.2, 0.25) is 5.91 Å². The molecule has 1 aromatic rings. The van der Waals surface area contributed by atoms with Crippen LogP contribution in [0, 0.1) is 0 Å². The number of rotatable bonds is 7. The van der Waals surface area contributed by atoms with Crippen LogP contribution in [0.3, 0.4) is 0 Å². The van der Waals surface area contributed by atoms with E-state index in [4.69, 9.17) is 19.4 Å². The average molecular weight is 449 g/mol. The number of alkyl halides is 3. The van der Waals surface area contributed by atoms with Crippen molar-refractivity contribution < 1.29 is 37.3 Å². The maximum absolute atomic E-state index is 11.8. The van der Waals surface area contributed by atoms with Crippen LogP contribution in [0.25, 0.3) is 0 Å². The van der Waals surface area contributed by atoms with E-state index in [1.807, 2.05) is 6.07 Å². The zero-order valence-electron chi connectivity index (χ0n) is 18.2. The Bertz CT molecular complexity index is 721. The van der Waals surface area contributed by atoms with Crippen LogP contribution in [-0.4, -0.2) is 98.9 Å². The number of carbonyl (C=O) groups is 2. The number of carboxylic acids is 1. The minimum Gasteiger partial charge on any atom is -0.496 e. The van der Waals surface area contributed by atoms with Gasteiger partial charge < -0.3 is 19.5 Å². The van der Waals surface area contributed by atoms with Crippen LogP contribution >= 0.6 is 0 Å². The maximum Gasteiger partial charge on any atom is 0.490 e. The molecule has 8 nitrogen and oxygen atoms in total.